The van der Waals surface area contributed by atoms with Crippen LogP contribution in [0.25, 0.3) is 0 Å². The summed E-state index contributed by atoms with van der Waals surface area (Å²) in [5.41, 5.74) is 8.45. The fraction of sp³-hybridized carbons (Fsp3) is 0.480. The molecule has 3 saturated heterocycles. The molecule has 1 aromatic carbocycles. The summed E-state index contributed by atoms with van der Waals surface area (Å²) >= 11 is 0. The Labute approximate surface area is 199 Å². The first-order valence-electron chi connectivity index (χ1n) is 12.1. The number of carbonyl (C=O) groups excluding carboxylic acids is 2. The van der Waals surface area contributed by atoms with E-state index in [0.29, 0.717) is 32.6 Å². The number of rotatable bonds is 4. The predicted molar refractivity (Wildman–Crippen MR) is 126 cm³/mol. The standard InChI is InChI=1S/C25H31FN6O2/c26-20-3-5-21(6-4-20)30-12-14-31(15-13-30)24(33)19-2-1-11-32(17-19)25(34)23-16-22(28-29-23)18-7-9-27-10-8-18/h3-10,19,22-23,28-29H,1-2,11-17H2. The number of likely N-dealkylation sites (tertiary alicyclic amines) is 1. The highest BCUT2D eigenvalue weighted by Gasteiger charge is 2.37. The van der Waals surface area contributed by atoms with Gasteiger partial charge in [-0.2, -0.15) is 0 Å². The molecule has 8 nitrogen and oxygen atoms in total. The SMILES string of the molecule is O=C(C1CCCN(C(=O)C2CC(c3ccncc3)NN2)C1)N1CCN(c2ccc(F)cc2)CC1. The number of hydrogen-bond donors (Lipinski definition) is 2. The highest BCUT2D eigenvalue weighted by atomic mass is 19.1. The molecule has 3 aliphatic heterocycles. The third kappa shape index (κ3) is 4.90. The fourth-order valence-electron chi connectivity index (χ4n) is 5.23. The smallest absolute Gasteiger partial charge is 0.241 e. The van der Waals surface area contributed by atoms with Gasteiger partial charge in [0.15, 0.2) is 0 Å². The second kappa shape index (κ2) is 10.1. The van der Waals surface area contributed by atoms with E-state index in [9.17, 15) is 14.0 Å². The number of anilines is 1. The Kier molecular flexibility index (Phi) is 6.73. The molecule has 3 atom stereocenters. The molecule has 4 heterocycles. The lowest BCUT2D eigenvalue weighted by Crippen LogP contribution is -2.54. The van der Waals surface area contributed by atoms with Crippen molar-refractivity contribution in [3.8, 4) is 0 Å². The topological polar surface area (TPSA) is 80.8 Å². The molecule has 1 aromatic heterocycles. The summed E-state index contributed by atoms with van der Waals surface area (Å²) in [6, 6.07) is 10.2. The van der Waals surface area contributed by atoms with Crippen molar-refractivity contribution < 1.29 is 14.0 Å². The van der Waals surface area contributed by atoms with Gasteiger partial charge in [0.25, 0.3) is 0 Å². The van der Waals surface area contributed by atoms with E-state index in [2.05, 4.69) is 20.7 Å². The molecule has 2 aromatic rings. The van der Waals surface area contributed by atoms with Gasteiger partial charge < -0.3 is 14.7 Å². The van der Waals surface area contributed by atoms with E-state index < -0.39 is 0 Å². The van der Waals surface area contributed by atoms with Gasteiger partial charge in [-0.25, -0.2) is 15.2 Å². The largest absolute Gasteiger partial charge is 0.368 e. The van der Waals surface area contributed by atoms with Crippen LogP contribution in [0.15, 0.2) is 48.8 Å². The average molecular weight is 467 g/mol. The van der Waals surface area contributed by atoms with Crippen LogP contribution in [0.5, 0.6) is 0 Å². The van der Waals surface area contributed by atoms with Crippen LogP contribution in [0, 0.1) is 11.7 Å². The Balaban J connectivity index is 1.13. The molecular weight excluding hydrogens is 435 g/mol. The highest BCUT2D eigenvalue weighted by molar-refractivity contribution is 5.84. The lowest BCUT2D eigenvalue weighted by atomic mass is 9.95. The molecule has 0 saturated carbocycles. The number of nitrogens with zero attached hydrogens (tertiary/aromatic N) is 4. The van der Waals surface area contributed by atoms with Gasteiger partial charge in [0.2, 0.25) is 11.8 Å². The van der Waals surface area contributed by atoms with Crippen molar-refractivity contribution >= 4 is 17.5 Å². The summed E-state index contributed by atoms with van der Waals surface area (Å²) in [7, 11) is 0. The maximum absolute atomic E-state index is 13.3. The molecule has 2 amide bonds. The monoisotopic (exact) mass is 466 g/mol. The lowest BCUT2D eigenvalue weighted by Gasteiger charge is -2.40. The maximum atomic E-state index is 13.3. The van der Waals surface area contributed by atoms with E-state index in [-0.39, 0.29) is 35.6 Å². The minimum atomic E-state index is -0.300. The summed E-state index contributed by atoms with van der Waals surface area (Å²) in [4.78, 5) is 36.5. The van der Waals surface area contributed by atoms with E-state index in [1.54, 1.807) is 24.5 Å². The molecule has 3 fully saturated rings. The van der Waals surface area contributed by atoms with E-state index in [4.69, 9.17) is 0 Å². The van der Waals surface area contributed by atoms with Crippen molar-refractivity contribution in [2.24, 2.45) is 5.92 Å². The molecule has 0 aliphatic carbocycles. The van der Waals surface area contributed by atoms with Crippen LogP contribution in [0.2, 0.25) is 0 Å². The molecule has 34 heavy (non-hydrogen) atoms. The quantitative estimate of drug-likeness (QED) is 0.714. The minimum Gasteiger partial charge on any atom is -0.368 e. The number of pyridine rings is 1. The zero-order valence-electron chi connectivity index (χ0n) is 19.2. The van der Waals surface area contributed by atoms with E-state index in [0.717, 1.165) is 37.2 Å². The number of aromatic nitrogens is 1. The first-order chi connectivity index (χ1) is 16.6. The Morgan fingerprint density at radius 1 is 0.882 bits per heavy atom. The van der Waals surface area contributed by atoms with Gasteiger partial charge >= 0.3 is 0 Å². The maximum Gasteiger partial charge on any atom is 0.241 e. The Bertz CT molecular complexity index is 996. The highest BCUT2D eigenvalue weighted by Crippen LogP contribution is 2.26. The molecule has 3 unspecified atom stereocenters. The molecule has 0 radical (unpaired) electrons. The number of piperidine rings is 1. The van der Waals surface area contributed by atoms with Gasteiger partial charge in [-0.15, -0.1) is 0 Å². The van der Waals surface area contributed by atoms with Crippen LogP contribution >= 0.6 is 0 Å². The van der Waals surface area contributed by atoms with Gasteiger partial charge in [-0.1, -0.05) is 0 Å². The number of piperazine rings is 1. The molecule has 2 N–H and O–H groups in total. The summed E-state index contributed by atoms with van der Waals surface area (Å²) in [5.74, 6) is -0.197. The molecule has 180 valence electrons. The lowest BCUT2D eigenvalue weighted by molar-refractivity contribution is -0.142. The number of amides is 2. The van der Waals surface area contributed by atoms with Gasteiger partial charge in [-0.3, -0.25) is 14.6 Å². The van der Waals surface area contributed by atoms with Gasteiger partial charge in [0.05, 0.1) is 5.92 Å². The first-order valence-corrected chi connectivity index (χ1v) is 12.1. The van der Waals surface area contributed by atoms with Gasteiger partial charge in [-0.05, 0) is 61.2 Å². The van der Waals surface area contributed by atoms with Crippen LogP contribution in [0.1, 0.15) is 30.9 Å². The number of benzene rings is 1. The average Bonchev–Trinajstić information content (AvgIpc) is 3.39. The normalized spacial score (nSPS) is 25.4. The number of carbonyl (C=O) groups is 2. The number of hydrazine groups is 1. The molecule has 9 heteroatoms. The zero-order valence-corrected chi connectivity index (χ0v) is 19.2. The van der Waals surface area contributed by atoms with E-state index >= 15 is 0 Å². The molecule has 0 bridgehead atoms. The van der Waals surface area contributed by atoms with Crippen LogP contribution in [-0.4, -0.2) is 71.9 Å². The fourth-order valence-corrected chi connectivity index (χ4v) is 5.23. The summed E-state index contributed by atoms with van der Waals surface area (Å²) in [6.07, 6.45) is 5.84. The summed E-state index contributed by atoms with van der Waals surface area (Å²) < 4.78 is 13.2. The number of hydrogen-bond acceptors (Lipinski definition) is 6. The van der Waals surface area contributed by atoms with Gasteiger partial charge in [0.1, 0.15) is 11.9 Å². The Morgan fingerprint density at radius 2 is 1.62 bits per heavy atom. The first kappa shape index (κ1) is 22.7. The minimum absolute atomic E-state index is 0.0580. The Hall–Kier alpha value is -3.04. The summed E-state index contributed by atoms with van der Waals surface area (Å²) in [5, 5.41) is 0. The Morgan fingerprint density at radius 3 is 2.35 bits per heavy atom. The van der Waals surface area contributed by atoms with Crippen molar-refractivity contribution in [1.82, 2.24) is 25.6 Å². The molecular formula is C25H31FN6O2. The van der Waals surface area contributed by atoms with Crippen molar-refractivity contribution in [3.63, 3.8) is 0 Å². The summed E-state index contributed by atoms with van der Waals surface area (Å²) in [6.45, 7) is 3.90. The van der Waals surface area contributed by atoms with E-state index in [1.165, 1.54) is 12.1 Å². The molecule has 3 aliphatic rings. The zero-order chi connectivity index (χ0) is 23.5. The number of nitrogens with one attached hydrogen (secondary N) is 2. The third-order valence-corrected chi connectivity index (χ3v) is 7.18. The number of halogens is 1. The van der Waals surface area contributed by atoms with E-state index in [1.807, 2.05) is 21.9 Å². The van der Waals surface area contributed by atoms with Crippen LogP contribution in [0.4, 0.5) is 10.1 Å². The van der Waals surface area contributed by atoms with Crippen LogP contribution in [-0.2, 0) is 9.59 Å². The second-order valence-corrected chi connectivity index (χ2v) is 9.32. The van der Waals surface area contributed by atoms with Crippen molar-refractivity contribution in [3.05, 3.63) is 60.2 Å². The molecule has 0 spiro atoms. The van der Waals surface area contributed by atoms with Crippen molar-refractivity contribution in [1.29, 1.82) is 0 Å². The van der Waals surface area contributed by atoms with Crippen LogP contribution < -0.4 is 15.8 Å². The predicted octanol–water partition coefficient (Wildman–Crippen LogP) is 1.72. The van der Waals surface area contributed by atoms with Crippen LogP contribution in [0.3, 0.4) is 0 Å². The third-order valence-electron chi connectivity index (χ3n) is 7.18. The van der Waals surface area contributed by atoms with Crippen molar-refractivity contribution in [2.75, 3.05) is 44.2 Å². The van der Waals surface area contributed by atoms with Gasteiger partial charge in [0, 0.05) is 63.4 Å². The molecule has 5 rings (SSSR count). The van der Waals surface area contributed by atoms with Crippen molar-refractivity contribution in [2.45, 2.75) is 31.3 Å². The second-order valence-electron chi connectivity index (χ2n) is 9.32.